The number of esters is 1. The van der Waals surface area contributed by atoms with Crippen LogP contribution in [-0.2, 0) is 15.5 Å². The molecule has 0 amide bonds. The van der Waals surface area contributed by atoms with E-state index < -0.39 is 24.3 Å². The maximum absolute atomic E-state index is 13.2. The summed E-state index contributed by atoms with van der Waals surface area (Å²) in [6.45, 7) is 0.00246. The molecule has 1 heterocycles. The minimum Gasteiger partial charge on any atom is -0.459 e. The lowest BCUT2D eigenvalue weighted by atomic mass is 10.3. The first-order valence-electron chi connectivity index (χ1n) is 3.91. The van der Waals surface area contributed by atoms with E-state index in [0.717, 1.165) is 6.92 Å². The van der Waals surface area contributed by atoms with E-state index in [1.54, 1.807) is 0 Å². The molecule has 0 atom stereocenters. The van der Waals surface area contributed by atoms with Crippen LogP contribution in [0, 0.1) is 0 Å². The standard InChI is InChI=1S/C8H7BrF2N2O2/c1-5(14)15-4-8(10,11)7-12-2-6(9)3-13-7/h2-3H,4H2,1H3. The highest BCUT2D eigenvalue weighted by atomic mass is 79.9. The van der Waals surface area contributed by atoms with Crippen LogP contribution >= 0.6 is 15.9 Å². The van der Waals surface area contributed by atoms with Crippen LogP contribution in [0.2, 0.25) is 0 Å². The van der Waals surface area contributed by atoms with Gasteiger partial charge in [-0.05, 0) is 15.9 Å². The summed E-state index contributed by atoms with van der Waals surface area (Å²) >= 11 is 3.02. The van der Waals surface area contributed by atoms with Crippen molar-refractivity contribution in [1.82, 2.24) is 9.97 Å². The predicted octanol–water partition coefficient (Wildman–Crippen LogP) is 1.89. The lowest BCUT2D eigenvalue weighted by Crippen LogP contribution is -2.25. The number of halogens is 3. The molecule has 15 heavy (non-hydrogen) atoms. The van der Waals surface area contributed by atoms with Crippen molar-refractivity contribution in [3.8, 4) is 0 Å². The monoisotopic (exact) mass is 280 g/mol. The molecule has 0 saturated carbocycles. The van der Waals surface area contributed by atoms with E-state index in [1.165, 1.54) is 12.4 Å². The Labute approximate surface area is 92.8 Å². The average molecular weight is 281 g/mol. The number of carbonyl (C=O) groups is 1. The van der Waals surface area contributed by atoms with Crippen LogP contribution in [0.25, 0.3) is 0 Å². The van der Waals surface area contributed by atoms with E-state index in [9.17, 15) is 13.6 Å². The van der Waals surface area contributed by atoms with E-state index in [-0.39, 0.29) is 0 Å². The fourth-order valence-corrected chi connectivity index (χ4v) is 0.963. The van der Waals surface area contributed by atoms with Crippen LogP contribution in [-0.4, -0.2) is 22.5 Å². The maximum atomic E-state index is 13.2. The number of nitrogens with zero attached hydrogens (tertiary/aromatic N) is 2. The van der Waals surface area contributed by atoms with E-state index in [1.807, 2.05) is 0 Å². The number of carbonyl (C=O) groups excluding carboxylic acids is 1. The number of ether oxygens (including phenoxy) is 1. The molecule has 1 aromatic heterocycles. The molecule has 1 aromatic rings. The molecule has 0 saturated heterocycles. The van der Waals surface area contributed by atoms with Gasteiger partial charge in [0.1, 0.15) is 0 Å². The molecule has 7 heteroatoms. The van der Waals surface area contributed by atoms with Crippen LogP contribution in [0.5, 0.6) is 0 Å². The third-order valence-electron chi connectivity index (χ3n) is 1.40. The Balaban J connectivity index is 2.76. The third-order valence-corrected chi connectivity index (χ3v) is 1.81. The van der Waals surface area contributed by atoms with Gasteiger partial charge in [0.05, 0.1) is 4.47 Å². The van der Waals surface area contributed by atoms with Gasteiger partial charge in [0, 0.05) is 19.3 Å². The number of hydrogen-bond acceptors (Lipinski definition) is 4. The second kappa shape index (κ2) is 4.61. The zero-order valence-electron chi connectivity index (χ0n) is 7.71. The Kier molecular flexibility index (Phi) is 3.67. The Hall–Kier alpha value is -1.11. The van der Waals surface area contributed by atoms with Crippen LogP contribution in [0.15, 0.2) is 16.9 Å². The number of alkyl halides is 2. The van der Waals surface area contributed by atoms with Crippen LogP contribution < -0.4 is 0 Å². The second-order valence-electron chi connectivity index (χ2n) is 2.71. The van der Waals surface area contributed by atoms with Crippen LogP contribution in [0.3, 0.4) is 0 Å². The fourth-order valence-electron chi connectivity index (χ4n) is 0.758. The van der Waals surface area contributed by atoms with Gasteiger partial charge in [0.2, 0.25) is 5.82 Å². The van der Waals surface area contributed by atoms with Crippen molar-refractivity contribution in [3.05, 3.63) is 22.7 Å². The van der Waals surface area contributed by atoms with Gasteiger partial charge in [0.15, 0.2) is 6.61 Å². The molecule has 0 spiro atoms. The summed E-state index contributed by atoms with van der Waals surface area (Å²) in [4.78, 5) is 17.2. The Morgan fingerprint density at radius 3 is 2.53 bits per heavy atom. The molecule has 0 aliphatic carbocycles. The Morgan fingerprint density at radius 1 is 1.53 bits per heavy atom. The summed E-state index contributed by atoms with van der Waals surface area (Å²) in [7, 11) is 0. The van der Waals surface area contributed by atoms with Crippen molar-refractivity contribution in [3.63, 3.8) is 0 Å². The largest absolute Gasteiger partial charge is 0.459 e. The SMILES string of the molecule is CC(=O)OCC(F)(F)c1ncc(Br)cn1. The molecule has 0 bridgehead atoms. The zero-order chi connectivity index (χ0) is 11.5. The van der Waals surface area contributed by atoms with Crippen molar-refractivity contribution in [2.75, 3.05) is 6.61 Å². The first-order valence-corrected chi connectivity index (χ1v) is 4.70. The highest BCUT2D eigenvalue weighted by Gasteiger charge is 2.36. The van der Waals surface area contributed by atoms with E-state index in [0.29, 0.717) is 4.47 Å². The minimum absolute atomic E-state index is 0.495. The van der Waals surface area contributed by atoms with Gasteiger partial charge in [-0.3, -0.25) is 4.79 Å². The van der Waals surface area contributed by atoms with Gasteiger partial charge in [-0.2, -0.15) is 8.78 Å². The predicted molar refractivity (Wildman–Crippen MR) is 50.3 cm³/mol. The van der Waals surface area contributed by atoms with Crippen LogP contribution in [0.1, 0.15) is 12.7 Å². The van der Waals surface area contributed by atoms with Gasteiger partial charge in [-0.1, -0.05) is 0 Å². The topological polar surface area (TPSA) is 52.1 Å². The number of hydrogen-bond donors (Lipinski definition) is 0. The molecule has 0 fully saturated rings. The lowest BCUT2D eigenvalue weighted by Gasteiger charge is -2.13. The summed E-state index contributed by atoms with van der Waals surface area (Å²) in [6, 6.07) is 0. The summed E-state index contributed by atoms with van der Waals surface area (Å²) < 4.78 is 31.2. The number of aromatic nitrogens is 2. The van der Waals surface area contributed by atoms with Crippen molar-refractivity contribution in [2.45, 2.75) is 12.8 Å². The van der Waals surface area contributed by atoms with E-state index in [2.05, 4.69) is 30.6 Å². The molecule has 4 nitrogen and oxygen atoms in total. The second-order valence-corrected chi connectivity index (χ2v) is 3.63. The lowest BCUT2D eigenvalue weighted by molar-refractivity contribution is -0.154. The molecule has 82 valence electrons. The molecule has 1 rings (SSSR count). The van der Waals surface area contributed by atoms with Gasteiger partial charge < -0.3 is 4.74 Å². The fraction of sp³-hybridized carbons (Fsp3) is 0.375. The summed E-state index contributed by atoms with van der Waals surface area (Å²) in [5.41, 5.74) is 0. The highest BCUT2D eigenvalue weighted by Crippen LogP contribution is 2.25. The van der Waals surface area contributed by atoms with E-state index >= 15 is 0 Å². The third kappa shape index (κ3) is 3.50. The highest BCUT2D eigenvalue weighted by molar-refractivity contribution is 9.10. The summed E-state index contributed by atoms with van der Waals surface area (Å²) in [5.74, 6) is -4.81. The van der Waals surface area contributed by atoms with Gasteiger partial charge in [-0.15, -0.1) is 0 Å². The van der Waals surface area contributed by atoms with Crippen LogP contribution in [0.4, 0.5) is 8.78 Å². The maximum Gasteiger partial charge on any atom is 0.339 e. The van der Waals surface area contributed by atoms with Gasteiger partial charge in [0.25, 0.3) is 0 Å². The van der Waals surface area contributed by atoms with E-state index in [4.69, 9.17) is 0 Å². The number of rotatable bonds is 3. The molecule has 0 N–H and O–H groups in total. The van der Waals surface area contributed by atoms with Gasteiger partial charge in [-0.25, -0.2) is 9.97 Å². The quantitative estimate of drug-likeness (QED) is 0.794. The summed E-state index contributed by atoms with van der Waals surface area (Å²) in [5, 5.41) is 0. The van der Waals surface area contributed by atoms with Crippen molar-refractivity contribution >= 4 is 21.9 Å². The Bertz CT molecular complexity index is 356. The smallest absolute Gasteiger partial charge is 0.339 e. The molecular weight excluding hydrogens is 274 g/mol. The van der Waals surface area contributed by atoms with Crippen molar-refractivity contribution < 1.29 is 18.3 Å². The minimum atomic E-state index is -3.37. The Morgan fingerprint density at radius 2 is 2.07 bits per heavy atom. The molecule has 0 aliphatic heterocycles. The first-order chi connectivity index (χ1) is 6.92. The normalized spacial score (nSPS) is 11.2. The molecule has 0 aliphatic rings. The molecule has 0 radical (unpaired) electrons. The van der Waals surface area contributed by atoms with Crippen molar-refractivity contribution in [2.24, 2.45) is 0 Å². The molecular formula is C8H7BrF2N2O2. The average Bonchev–Trinajstić information content (AvgIpc) is 2.16. The molecule has 0 unspecified atom stereocenters. The summed E-state index contributed by atoms with van der Waals surface area (Å²) in [6.07, 6.45) is 2.40. The zero-order valence-corrected chi connectivity index (χ0v) is 9.29. The van der Waals surface area contributed by atoms with Crippen molar-refractivity contribution in [1.29, 1.82) is 0 Å². The molecule has 0 aromatic carbocycles. The first kappa shape index (κ1) is 12.0. The van der Waals surface area contributed by atoms with Gasteiger partial charge >= 0.3 is 11.9 Å².